The summed E-state index contributed by atoms with van der Waals surface area (Å²) in [5.74, 6) is -0.689. The van der Waals surface area contributed by atoms with Crippen LogP contribution in [-0.2, 0) is 4.79 Å². The van der Waals surface area contributed by atoms with Crippen LogP contribution in [0.5, 0.6) is 0 Å². The lowest BCUT2D eigenvalue weighted by atomic mass is 9.75. The number of carbonyl (C=O) groups is 1. The first-order chi connectivity index (χ1) is 7.38. The third-order valence-corrected chi connectivity index (χ3v) is 2.35. The Morgan fingerprint density at radius 1 is 1.44 bits per heavy atom. The maximum atomic E-state index is 11.6. The Hall–Kier alpha value is -0.585. The lowest BCUT2D eigenvalue weighted by Gasteiger charge is -2.21. The van der Waals surface area contributed by atoms with Crippen LogP contribution in [0.15, 0.2) is 0 Å². The summed E-state index contributed by atoms with van der Waals surface area (Å²) in [7, 11) is -1.54. The number of carbonyl (C=O) groups excluding carboxylic acids is 1. The predicted octanol–water partition coefficient (Wildman–Crippen LogP) is -0.343. The van der Waals surface area contributed by atoms with Crippen molar-refractivity contribution < 1.29 is 14.8 Å². The monoisotopic (exact) mass is 230 g/mol. The maximum absolute atomic E-state index is 11.6. The van der Waals surface area contributed by atoms with Gasteiger partial charge in [-0.25, -0.2) is 0 Å². The van der Waals surface area contributed by atoms with E-state index in [1.54, 1.807) is 0 Å². The van der Waals surface area contributed by atoms with Crippen LogP contribution in [-0.4, -0.2) is 35.1 Å². The Morgan fingerprint density at radius 3 is 2.38 bits per heavy atom. The molecule has 0 fully saturated rings. The molecule has 0 saturated heterocycles. The van der Waals surface area contributed by atoms with Crippen molar-refractivity contribution in [3.8, 4) is 0 Å². The van der Waals surface area contributed by atoms with E-state index in [1.165, 1.54) is 0 Å². The first-order valence-corrected chi connectivity index (χ1v) is 5.80. The average Bonchev–Trinajstić information content (AvgIpc) is 2.16. The summed E-state index contributed by atoms with van der Waals surface area (Å²) in [5.41, 5.74) is 5.63. The minimum atomic E-state index is -1.54. The maximum Gasteiger partial charge on any atom is 0.475 e. The van der Waals surface area contributed by atoms with Gasteiger partial charge in [-0.2, -0.15) is 0 Å². The van der Waals surface area contributed by atoms with Gasteiger partial charge in [0.05, 0.1) is 12.0 Å². The van der Waals surface area contributed by atoms with Crippen LogP contribution in [0.25, 0.3) is 0 Å². The highest BCUT2D eigenvalue weighted by molar-refractivity contribution is 6.43. The molecule has 1 amide bonds. The van der Waals surface area contributed by atoms with Crippen LogP contribution in [0.3, 0.4) is 0 Å². The molecule has 0 heterocycles. The normalized spacial score (nSPS) is 14.7. The molecular formula is C10H23BN2O3. The molecule has 0 aromatic heterocycles. The molecule has 16 heavy (non-hydrogen) atoms. The van der Waals surface area contributed by atoms with E-state index in [9.17, 15) is 4.79 Å². The van der Waals surface area contributed by atoms with Crippen molar-refractivity contribution in [3.05, 3.63) is 0 Å². The summed E-state index contributed by atoms with van der Waals surface area (Å²) < 4.78 is 0. The highest BCUT2D eigenvalue weighted by atomic mass is 16.4. The van der Waals surface area contributed by atoms with Crippen molar-refractivity contribution in [2.45, 2.75) is 52.0 Å². The molecule has 0 rings (SSSR count). The van der Waals surface area contributed by atoms with Crippen molar-refractivity contribution in [3.63, 3.8) is 0 Å². The van der Waals surface area contributed by atoms with Crippen LogP contribution in [0.4, 0.5) is 0 Å². The van der Waals surface area contributed by atoms with E-state index in [-0.39, 0.29) is 11.8 Å². The fourth-order valence-electron chi connectivity index (χ4n) is 1.49. The molecule has 0 aromatic carbocycles. The van der Waals surface area contributed by atoms with Crippen molar-refractivity contribution in [1.82, 2.24) is 5.32 Å². The van der Waals surface area contributed by atoms with Crippen LogP contribution >= 0.6 is 0 Å². The highest BCUT2D eigenvalue weighted by Crippen LogP contribution is 2.06. The minimum Gasteiger partial charge on any atom is -0.426 e. The van der Waals surface area contributed by atoms with E-state index >= 15 is 0 Å². The fourth-order valence-corrected chi connectivity index (χ4v) is 1.49. The topological polar surface area (TPSA) is 95.6 Å². The summed E-state index contributed by atoms with van der Waals surface area (Å²) in [6.45, 7) is 5.85. The molecule has 0 saturated carbocycles. The summed E-state index contributed by atoms with van der Waals surface area (Å²) in [6, 6.07) is -0.571. The molecule has 0 radical (unpaired) electrons. The van der Waals surface area contributed by atoms with Gasteiger partial charge in [0.2, 0.25) is 5.91 Å². The smallest absolute Gasteiger partial charge is 0.426 e. The number of nitrogens with two attached hydrogens (primary N) is 1. The lowest BCUT2D eigenvalue weighted by Crippen LogP contribution is -2.52. The number of rotatable bonds is 7. The van der Waals surface area contributed by atoms with Gasteiger partial charge >= 0.3 is 7.12 Å². The average molecular weight is 230 g/mol. The SMILES string of the molecule is CCC[C@H](N)C(=O)N[C@@H](CC(C)C)B(O)O. The lowest BCUT2D eigenvalue weighted by molar-refractivity contribution is -0.123. The van der Waals surface area contributed by atoms with Gasteiger partial charge in [-0.05, 0) is 18.8 Å². The van der Waals surface area contributed by atoms with Crippen LogP contribution < -0.4 is 11.1 Å². The van der Waals surface area contributed by atoms with E-state index in [4.69, 9.17) is 15.8 Å². The molecule has 0 spiro atoms. The van der Waals surface area contributed by atoms with E-state index in [0.29, 0.717) is 12.8 Å². The third kappa shape index (κ3) is 6.10. The molecule has 5 N–H and O–H groups in total. The largest absolute Gasteiger partial charge is 0.475 e. The molecule has 0 bridgehead atoms. The van der Waals surface area contributed by atoms with Crippen molar-refractivity contribution in [1.29, 1.82) is 0 Å². The summed E-state index contributed by atoms with van der Waals surface area (Å²) >= 11 is 0. The molecular weight excluding hydrogens is 207 g/mol. The van der Waals surface area contributed by atoms with E-state index in [0.717, 1.165) is 6.42 Å². The quantitative estimate of drug-likeness (QED) is 0.450. The highest BCUT2D eigenvalue weighted by Gasteiger charge is 2.27. The van der Waals surface area contributed by atoms with E-state index in [1.807, 2.05) is 20.8 Å². The molecule has 0 unspecified atom stereocenters. The number of nitrogens with one attached hydrogen (secondary N) is 1. The van der Waals surface area contributed by atoms with Crippen LogP contribution in [0, 0.1) is 5.92 Å². The van der Waals surface area contributed by atoms with Crippen molar-refractivity contribution >= 4 is 13.0 Å². The van der Waals surface area contributed by atoms with Crippen LogP contribution in [0.1, 0.15) is 40.0 Å². The zero-order chi connectivity index (χ0) is 12.7. The second kappa shape index (κ2) is 7.65. The molecule has 6 heteroatoms. The van der Waals surface area contributed by atoms with Crippen molar-refractivity contribution in [2.75, 3.05) is 0 Å². The molecule has 94 valence electrons. The van der Waals surface area contributed by atoms with E-state index in [2.05, 4.69) is 5.32 Å². The fraction of sp³-hybridized carbons (Fsp3) is 0.900. The second-order valence-corrected chi connectivity index (χ2v) is 4.55. The van der Waals surface area contributed by atoms with Gasteiger partial charge in [-0.1, -0.05) is 27.2 Å². The Balaban J connectivity index is 4.23. The van der Waals surface area contributed by atoms with Gasteiger partial charge in [-0.15, -0.1) is 0 Å². The Bertz CT molecular complexity index is 212. The predicted molar refractivity (Wildman–Crippen MR) is 64.5 cm³/mol. The number of hydrogen-bond donors (Lipinski definition) is 4. The zero-order valence-electron chi connectivity index (χ0n) is 10.3. The van der Waals surface area contributed by atoms with E-state index < -0.39 is 19.1 Å². The molecule has 2 atom stereocenters. The summed E-state index contributed by atoms with van der Waals surface area (Å²) in [6.07, 6.45) is 1.94. The number of hydrogen-bond acceptors (Lipinski definition) is 4. The van der Waals surface area contributed by atoms with Gasteiger partial charge < -0.3 is 21.1 Å². The van der Waals surface area contributed by atoms with Crippen LogP contribution in [0.2, 0.25) is 0 Å². The zero-order valence-corrected chi connectivity index (χ0v) is 10.3. The molecule has 0 aliphatic rings. The van der Waals surface area contributed by atoms with Gasteiger partial charge in [0.1, 0.15) is 0 Å². The third-order valence-electron chi connectivity index (χ3n) is 2.35. The Labute approximate surface area is 97.6 Å². The summed E-state index contributed by atoms with van der Waals surface area (Å²) in [4.78, 5) is 11.6. The summed E-state index contributed by atoms with van der Waals surface area (Å²) in [5, 5.41) is 20.8. The molecule has 0 aliphatic carbocycles. The van der Waals surface area contributed by atoms with Crippen molar-refractivity contribution in [2.24, 2.45) is 11.7 Å². The molecule has 5 nitrogen and oxygen atoms in total. The first-order valence-electron chi connectivity index (χ1n) is 5.80. The van der Waals surface area contributed by atoms with Gasteiger partial charge in [-0.3, -0.25) is 4.79 Å². The molecule has 0 aliphatic heterocycles. The number of amides is 1. The molecule has 0 aromatic rings. The standard InChI is InChI=1S/C10H23BN2O3/c1-4-5-8(12)10(14)13-9(11(15)16)6-7(2)3/h7-9,15-16H,4-6,12H2,1-3H3,(H,13,14)/t8-,9-/m0/s1. The van der Waals surface area contributed by atoms with Gasteiger partial charge in [0.25, 0.3) is 0 Å². The Morgan fingerprint density at radius 2 is 2.00 bits per heavy atom. The minimum absolute atomic E-state index is 0.273. The Kier molecular flexibility index (Phi) is 7.37. The van der Waals surface area contributed by atoms with Gasteiger partial charge in [0, 0.05) is 0 Å². The second-order valence-electron chi connectivity index (χ2n) is 4.55. The first kappa shape index (κ1) is 15.4. The van der Waals surface area contributed by atoms with Gasteiger partial charge in [0.15, 0.2) is 0 Å².